The van der Waals surface area contributed by atoms with Crippen molar-refractivity contribution in [1.82, 2.24) is 4.90 Å². The van der Waals surface area contributed by atoms with Crippen LogP contribution in [0.4, 0.5) is 14.9 Å². The molecule has 4 rings (SSSR count). The van der Waals surface area contributed by atoms with E-state index in [1.807, 2.05) is 60.7 Å². The van der Waals surface area contributed by atoms with Gasteiger partial charge in [-0.05, 0) is 23.8 Å². The third-order valence-electron chi connectivity index (χ3n) is 4.87. The summed E-state index contributed by atoms with van der Waals surface area (Å²) in [6.07, 6.45) is 0.0926. The molecule has 1 atom stereocenters. The molecule has 0 radical (unpaired) electrons. The summed E-state index contributed by atoms with van der Waals surface area (Å²) >= 11 is 0. The fraction of sp³-hybridized carbons (Fsp3) is 0.167. The van der Waals surface area contributed by atoms with E-state index in [0.717, 1.165) is 11.3 Å². The van der Waals surface area contributed by atoms with Crippen LogP contribution in [-0.4, -0.2) is 29.3 Å². The summed E-state index contributed by atoms with van der Waals surface area (Å²) in [5.41, 5.74) is 2.72. The minimum atomic E-state index is -0.343. The summed E-state index contributed by atoms with van der Waals surface area (Å²) in [6.45, 7) is 0.753. The van der Waals surface area contributed by atoms with Crippen molar-refractivity contribution in [2.45, 2.75) is 19.1 Å². The van der Waals surface area contributed by atoms with Crippen LogP contribution in [0.2, 0.25) is 0 Å². The third-order valence-corrected chi connectivity index (χ3v) is 4.87. The van der Waals surface area contributed by atoms with Gasteiger partial charge in [0.1, 0.15) is 5.82 Å². The van der Waals surface area contributed by atoms with Crippen LogP contribution < -0.4 is 5.32 Å². The van der Waals surface area contributed by atoms with Crippen LogP contribution in [-0.2, 0) is 11.4 Å². The second-order valence-corrected chi connectivity index (χ2v) is 7.11. The summed E-state index contributed by atoms with van der Waals surface area (Å²) in [6, 6.07) is 25.3. The van der Waals surface area contributed by atoms with Gasteiger partial charge in [0.2, 0.25) is 0 Å². The highest BCUT2D eigenvalue weighted by Crippen LogP contribution is 2.21. The van der Waals surface area contributed by atoms with Crippen LogP contribution in [0.1, 0.15) is 17.5 Å². The average molecular weight is 403 g/mol. The number of benzene rings is 3. The standard InChI is InChI=1S/C24H22FN3O2/c25-22-14-8-7-13-21(22)23-15-20(30-27-23)17-28(16-18-9-3-1-4-10-18)24(29)26-19-11-5-2-6-12-19/h1-14,20H,15-17H2,(H,26,29). The normalized spacial score (nSPS) is 15.2. The number of carbonyl (C=O) groups excluding carboxylic acids is 1. The highest BCUT2D eigenvalue weighted by molar-refractivity contribution is 6.01. The van der Waals surface area contributed by atoms with Crippen molar-refractivity contribution in [1.29, 1.82) is 0 Å². The van der Waals surface area contributed by atoms with Crippen molar-refractivity contribution >= 4 is 17.4 Å². The second kappa shape index (κ2) is 9.22. The summed E-state index contributed by atoms with van der Waals surface area (Å²) in [7, 11) is 0. The van der Waals surface area contributed by atoms with Crippen LogP contribution in [0.5, 0.6) is 0 Å². The Labute approximate surface area is 174 Å². The molecular formula is C24H22FN3O2. The first-order valence-corrected chi connectivity index (χ1v) is 9.81. The van der Waals surface area contributed by atoms with E-state index in [4.69, 9.17) is 4.84 Å². The SMILES string of the molecule is O=C(Nc1ccccc1)N(Cc1ccccc1)CC1CC(c2ccccc2F)=NO1. The van der Waals surface area contributed by atoms with Crippen LogP contribution in [0, 0.1) is 5.82 Å². The van der Waals surface area contributed by atoms with Crippen molar-refractivity contribution in [3.05, 3.63) is 102 Å². The molecule has 0 fully saturated rings. The number of rotatable bonds is 6. The highest BCUT2D eigenvalue weighted by atomic mass is 19.1. The first-order valence-electron chi connectivity index (χ1n) is 9.81. The molecule has 0 spiro atoms. The van der Waals surface area contributed by atoms with Crippen LogP contribution in [0.15, 0.2) is 90.1 Å². The van der Waals surface area contributed by atoms with Gasteiger partial charge in [-0.25, -0.2) is 9.18 Å². The lowest BCUT2D eigenvalue weighted by Gasteiger charge is -2.25. The first kappa shape index (κ1) is 19.6. The first-order chi connectivity index (χ1) is 14.7. The maximum Gasteiger partial charge on any atom is 0.322 e. The van der Waals surface area contributed by atoms with Crippen molar-refractivity contribution in [2.24, 2.45) is 5.16 Å². The Morgan fingerprint density at radius 3 is 2.40 bits per heavy atom. The molecule has 0 saturated heterocycles. The molecule has 0 bridgehead atoms. The molecule has 3 aromatic carbocycles. The number of urea groups is 1. The minimum absolute atomic E-state index is 0.229. The Bertz CT molecular complexity index is 1020. The van der Waals surface area contributed by atoms with Gasteiger partial charge in [0.05, 0.1) is 12.3 Å². The summed E-state index contributed by atoms with van der Waals surface area (Å²) in [5.74, 6) is -0.330. The van der Waals surface area contributed by atoms with E-state index >= 15 is 0 Å². The Balaban J connectivity index is 1.46. The zero-order valence-corrected chi connectivity index (χ0v) is 16.4. The molecule has 5 nitrogen and oxygen atoms in total. The molecule has 1 unspecified atom stereocenters. The Hall–Kier alpha value is -3.67. The molecule has 30 heavy (non-hydrogen) atoms. The number of nitrogens with zero attached hydrogens (tertiary/aromatic N) is 2. The summed E-state index contributed by atoms with van der Waals surface area (Å²) in [5, 5.41) is 6.99. The summed E-state index contributed by atoms with van der Waals surface area (Å²) < 4.78 is 14.1. The van der Waals surface area contributed by atoms with Crippen molar-refractivity contribution in [2.75, 3.05) is 11.9 Å². The summed E-state index contributed by atoms with van der Waals surface area (Å²) in [4.78, 5) is 20.2. The molecule has 0 aromatic heterocycles. The fourth-order valence-electron chi connectivity index (χ4n) is 3.37. The van der Waals surface area contributed by atoms with E-state index < -0.39 is 0 Å². The van der Waals surface area contributed by atoms with E-state index in [2.05, 4.69) is 10.5 Å². The Morgan fingerprint density at radius 1 is 1.00 bits per heavy atom. The quantitative estimate of drug-likeness (QED) is 0.626. The number of carbonyl (C=O) groups is 1. The molecule has 1 aliphatic rings. The minimum Gasteiger partial charge on any atom is -0.390 e. The molecular weight excluding hydrogens is 381 g/mol. The smallest absolute Gasteiger partial charge is 0.322 e. The molecule has 1 N–H and O–H groups in total. The van der Waals surface area contributed by atoms with Gasteiger partial charge in [-0.2, -0.15) is 0 Å². The van der Waals surface area contributed by atoms with Gasteiger partial charge in [0.15, 0.2) is 6.10 Å². The lowest BCUT2D eigenvalue weighted by Crippen LogP contribution is -2.40. The molecule has 2 amide bonds. The van der Waals surface area contributed by atoms with Gasteiger partial charge in [0, 0.05) is 24.2 Å². The van der Waals surface area contributed by atoms with Gasteiger partial charge in [0.25, 0.3) is 0 Å². The van der Waals surface area contributed by atoms with Crippen molar-refractivity contribution < 1.29 is 14.0 Å². The zero-order chi connectivity index (χ0) is 20.8. The predicted octanol–water partition coefficient (Wildman–Crippen LogP) is 5.05. The topological polar surface area (TPSA) is 53.9 Å². The van der Waals surface area contributed by atoms with Crippen LogP contribution >= 0.6 is 0 Å². The van der Waals surface area contributed by atoms with Gasteiger partial charge in [-0.3, -0.25) is 0 Å². The van der Waals surface area contributed by atoms with Crippen molar-refractivity contribution in [3.8, 4) is 0 Å². The number of anilines is 1. The molecule has 0 saturated carbocycles. The third kappa shape index (κ3) is 4.84. The van der Waals surface area contributed by atoms with Gasteiger partial charge in [-0.15, -0.1) is 0 Å². The maximum atomic E-state index is 14.1. The predicted molar refractivity (Wildman–Crippen MR) is 115 cm³/mol. The Kier molecular flexibility index (Phi) is 6.03. The van der Waals surface area contributed by atoms with E-state index in [1.165, 1.54) is 6.07 Å². The fourth-order valence-corrected chi connectivity index (χ4v) is 3.37. The molecule has 1 heterocycles. The number of nitrogens with one attached hydrogen (secondary N) is 1. The van der Waals surface area contributed by atoms with Gasteiger partial charge < -0.3 is 15.1 Å². The Morgan fingerprint density at radius 2 is 1.67 bits per heavy atom. The average Bonchev–Trinajstić information content (AvgIpc) is 3.23. The molecule has 3 aromatic rings. The van der Waals surface area contributed by atoms with Gasteiger partial charge in [-0.1, -0.05) is 71.9 Å². The monoisotopic (exact) mass is 403 g/mol. The van der Waals surface area contributed by atoms with E-state index in [0.29, 0.717) is 30.8 Å². The van der Waals surface area contributed by atoms with Crippen LogP contribution in [0.3, 0.4) is 0 Å². The molecule has 1 aliphatic heterocycles. The maximum absolute atomic E-state index is 14.1. The number of hydrogen-bond donors (Lipinski definition) is 1. The van der Waals surface area contributed by atoms with E-state index in [-0.39, 0.29) is 18.0 Å². The van der Waals surface area contributed by atoms with Crippen LogP contribution in [0.25, 0.3) is 0 Å². The number of para-hydroxylation sites is 1. The highest BCUT2D eigenvalue weighted by Gasteiger charge is 2.28. The molecule has 0 aliphatic carbocycles. The molecule has 6 heteroatoms. The number of halogens is 1. The van der Waals surface area contributed by atoms with E-state index in [9.17, 15) is 9.18 Å². The largest absolute Gasteiger partial charge is 0.390 e. The van der Waals surface area contributed by atoms with E-state index in [1.54, 1.807) is 23.1 Å². The number of oxime groups is 1. The van der Waals surface area contributed by atoms with Gasteiger partial charge >= 0.3 is 6.03 Å². The number of amides is 2. The zero-order valence-electron chi connectivity index (χ0n) is 16.4. The lowest BCUT2D eigenvalue weighted by molar-refractivity contribution is 0.0608. The van der Waals surface area contributed by atoms with Crippen molar-refractivity contribution in [3.63, 3.8) is 0 Å². The molecule has 152 valence electrons. The number of hydrogen-bond acceptors (Lipinski definition) is 3. The lowest BCUT2D eigenvalue weighted by atomic mass is 10.0. The second-order valence-electron chi connectivity index (χ2n) is 7.11.